The summed E-state index contributed by atoms with van der Waals surface area (Å²) in [5.74, 6) is 1.93. The summed E-state index contributed by atoms with van der Waals surface area (Å²) >= 11 is 0. The molecule has 0 saturated heterocycles. The molecule has 0 fully saturated rings. The van der Waals surface area contributed by atoms with Crippen molar-refractivity contribution in [3.05, 3.63) is 18.2 Å². The lowest BCUT2D eigenvalue weighted by Gasteiger charge is -2.30. The Labute approximate surface area is 150 Å². The van der Waals surface area contributed by atoms with Crippen molar-refractivity contribution in [3.8, 4) is 17.3 Å². The summed E-state index contributed by atoms with van der Waals surface area (Å²) in [5.41, 5.74) is 7.09. The Kier molecular flexibility index (Phi) is 3.76. The Hall–Kier alpha value is -2.81. The zero-order chi connectivity index (χ0) is 18.5. The lowest BCUT2D eigenvalue weighted by molar-refractivity contribution is -0.0530. The van der Waals surface area contributed by atoms with E-state index in [0.717, 1.165) is 5.82 Å². The molecule has 9 heteroatoms. The van der Waals surface area contributed by atoms with E-state index in [2.05, 4.69) is 19.5 Å². The minimum absolute atomic E-state index is 0.0494. The van der Waals surface area contributed by atoms with Gasteiger partial charge in [-0.3, -0.25) is 0 Å². The van der Waals surface area contributed by atoms with E-state index in [4.69, 9.17) is 25.2 Å². The van der Waals surface area contributed by atoms with Crippen LogP contribution in [0.4, 0.5) is 5.95 Å². The monoisotopic (exact) mass is 355 g/mol. The van der Waals surface area contributed by atoms with Gasteiger partial charge in [-0.05, 0) is 27.7 Å². The number of nitrogens with two attached hydrogens (primary N) is 1. The quantitative estimate of drug-likeness (QED) is 0.758. The van der Waals surface area contributed by atoms with Crippen LogP contribution in [0.25, 0.3) is 22.6 Å². The van der Waals surface area contributed by atoms with Crippen molar-refractivity contribution in [2.45, 2.75) is 45.9 Å². The number of rotatable bonds is 3. The molecule has 0 unspecified atom stereocenters. The first-order chi connectivity index (χ1) is 12.3. The fraction of sp³-hybridized carbons (Fsp3) is 0.471. The van der Waals surface area contributed by atoms with Crippen LogP contribution in [0.5, 0.6) is 5.88 Å². The zero-order valence-electron chi connectivity index (χ0n) is 15.2. The highest BCUT2D eigenvalue weighted by atomic mass is 16.5. The maximum atomic E-state index is 5.93. The van der Waals surface area contributed by atoms with Gasteiger partial charge in [0.25, 0.3) is 0 Å². The maximum Gasteiger partial charge on any atom is 0.246 e. The Morgan fingerprint density at radius 3 is 2.62 bits per heavy atom. The predicted molar refractivity (Wildman–Crippen MR) is 95.5 cm³/mol. The molecule has 1 aliphatic heterocycles. The summed E-state index contributed by atoms with van der Waals surface area (Å²) < 4.78 is 13.9. The smallest absolute Gasteiger partial charge is 0.246 e. The van der Waals surface area contributed by atoms with Crippen molar-refractivity contribution < 1.29 is 9.47 Å². The van der Waals surface area contributed by atoms with Crippen LogP contribution in [-0.2, 0) is 16.9 Å². The first kappa shape index (κ1) is 16.6. The van der Waals surface area contributed by atoms with E-state index in [1.54, 1.807) is 12.4 Å². The molecule has 0 atom stereocenters. The minimum Gasteiger partial charge on any atom is -0.473 e. The van der Waals surface area contributed by atoms with Crippen LogP contribution in [0.2, 0.25) is 0 Å². The van der Waals surface area contributed by atoms with Crippen LogP contribution in [-0.4, -0.2) is 42.2 Å². The van der Waals surface area contributed by atoms with Gasteiger partial charge in [-0.2, -0.15) is 4.98 Å². The SMILES string of the molecule is CC(C)Oc1nc(-c2cnc(N)nc2)nc2c1nc1n2CCOC1(C)C. The number of hydrogen-bond acceptors (Lipinski definition) is 8. The van der Waals surface area contributed by atoms with Crippen LogP contribution < -0.4 is 10.5 Å². The minimum atomic E-state index is -0.501. The molecule has 0 spiro atoms. The van der Waals surface area contributed by atoms with Crippen molar-refractivity contribution >= 4 is 17.1 Å². The third kappa shape index (κ3) is 2.74. The molecule has 3 aromatic rings. The molecule has 0 amide bonds. The number of nitrogen functional groups attached to an aromatic ring is 1. The Balaban J connectivity index is 1.96. The average Bonchev–Trinajstić information content (AvgIpc) is 2.96. The Bertz CT molecular complexity index is 963. The number of fused-ring (bicyclic) bond motifs is 3. The fourth-order valence-corrected chi connectivity index (χ4v) is 2.99. The van der Waals surface area contributed by atoms with Gasteiger partial charge in [-0.25, -0.2) is 19.9 Å². The molecule has 4 rings (SSSR count). The highest BCUT2D eigenvalue weighted by molar-refractivity contribution is 5.80. The molecule has 1 aliphatic rings. The first-order valence-corrected chi connectivity index (χ1v) is 8.52. The van der Waals surface area contributed by atoms with Crippen LogP contribution in [0.3, 0.4) is 0 Å². The van der Waals surface area contributed by atoms with Gasteiger partial charge in [0.1, 0.15) is 11.4 Å². The van der Waals surface area contributed by atoms with Crippen LogP contribution in [0, 0.1) is 0 Å². The molecule has 9 nitrogen and oxygen atoms in total. The van der Waals surface area contributed by atoms with Crippen molar-refractivity contribution in [2.75, 3.05) is 12.3 Å². The second-order valence-electron chi connectivity index (χ2n) is 6.97. The van der Waals surface area contributed by atoms with Gasteiger partial charge in [-0.1, -0.05) is 0 Å². The fourth-order valence-electron chi connectivity index (χ4n) is 2.99. The summed E-state index contributed by atoms with van der Waals surface area (Å²) in [5, 5.41) is 0. The topological polar surface area (TPSA) is 114 Å². The third-order valence-electron chi connectivity index (χ3n) is 4.16. The summed E-state index contributed by atoms with van der Waals surface area (Å²) in [7, 11) is 0. The summed E-state index contributed by atoms with van der Waals surface area (Å²) in [4.78, 5) is 22.1. The second-order valence-corrected chi connectivity index (χ2v) is 6.97. The molecule has 136 valence electrons. The largest absolute Gasteiger partial charge is 0.473 e. The molecule has 0 bridgehead atoms. The van der Waals surface area contributed by atoms with E-state index in [9.17, 15) is 0 Å². The molecular weight excluding hydrogens is 334 g/mol. The number of aromatic nitrogens is 6. The number of imidazole rings is 1. The van der Waals surface area contributed by atoms with Gasteiger partial charge in [0, 0.05) is 18.9 Å². The maximum absolute atomic E-state index is 5.93. The first-order valence-electron chi connectivity index (χ1n) is 8.52. The van der Waals surface area contributed by atoms with E-state index in [1.807, 2.05) is 27.7 Å². The van der Waals surface area contributed by atoms with E-state index in [-0.39, 0.29) is 12.1 Å². The standard InChI is InChI=1S/C17H21N7O2/c1-9(2)26-14-11-13(24-5-6-25-17(3,4)15(24)21-11)22-12(23-14)10-7-19-16(18)20-8-10/h7-9H,5-6H2,1-4H3,(H2,18,19,20). The highest BCUT2D eigenvalue weighted by Gasteiger charge is 2.34. The number of nitrogens with zero attached hydrogens (tertiary/aromatic N) is 6. The Morgan fingerprint density at radius 1 is 1.19 bits per heavy atom. The second kappa shape index (κ2) is 5.87. The molecule has 26 heavy (non-hydrogen) atoms. The average molecular weight is 355 g/mol. The molecule has 0 saturated carbocycles. The normalized spacial score (nSPS) is 16.0. The molecule has 0 aromatic carbocycles. The number of hydrogen-bond donors (Lipinski definition) is 1. The third-order valence-corrected chi connectivity index (χ3v) is 4.16. The van der Waals surface area contributed by atoms with Gasteiger partial charge < -0.3 is 19.8 Å². The van der Waals surface area contributed by atoms with Crippen LogP contribution in [0.1, 0.15) is 33.5 Å². The van der Waals surface area contributed by atoms with Crippen molar-refractivity contribution in [1.82, 2.24) is 29.5 Å². The molecule has 0 aliphatic carbocycles. The molecule has 4 heterocycles. The van der Waals surface area contributed by atoms with E-state index in [0.29, 0.717) is 41.6 Å². The van der Waals surface area contributed by atoms with Gasteiger partial charge in [-0.15, -0.1) is 0 Å². The van der Waals surface area contributed by atoms with Crippen LogP contribution >= 0.6 is 0 Å². The van der Waals surface area contributed by atoms with Crippen molar-refractivity contribution in [3.63, 3.8) is 0 Å². The number of anilines is 1. The molecule has 2 N–H and O–H groups in total. The molecule has 0 radical (unpaired) electrons. The van der Waals surface area contributed by atoms with Gasteiger partial charge in [0.05, 0.1) is 18.3 Å². The van der Waals surface area contributed by atoms with Crippen molar-refractivity contribution in [1.29, 1.82) is 0 Å². The van der Waals surface area contributed by atoms with Crippen LogP contribution in [0.15, 0.2) is 12.4 Å². The lowest BCUT2D eigenvalue weighted by Crippen LogP contribution is -2.33. The number of ether oxygens (including phenoxy) is 2. The van der Waals surface area contributed by atoms with E-state index in [1.165, 1.54) is 0 Å². The predicted octanol–water partition coefficient (Wildman–Crippen LogP) is 1.92. The van der Waals surface area contributed by atoms with E-state index >= 15 is 0 Å². The molecule has 3 aromatic heterocycles. The summed E-state index contributed by atoms with van der Waals surface area (Å²) in [6, 6.07) is 0. The summed E-state index contributed by atoms with van der Waals surface area (Å²) in [6.07, 6.45) is 3.15. The van der Waals surface area contributed by atoms with Gasteiger partial charge >= 0.3 is 0 Å². The summed E-state index contributed by atoms with van der Waals surface area (Å²) in [6.45, 7) is 9.15. The van der Waals surface area contributed by atoms with E-state index < -0.39 is 5.60 Å². The Morgan fingerprint density at radius 2 is 1.92 bits per heavy atom. The van der Waals surface area contributed by atoms with Gasteiger partial charge in [0.2, 0.25) is 11.8 Å². The zero-order valence-corrected chi connectivity index (χ0v) is 15.2. The highest BCUT2D eigenvalue weighted by Crippen LogP contribution is 2.34. The lowest BCUT2D eigenvalue weighted by atomic mass is 10.1. The van der Waals surface area contributed by atoms with Crippen molar-refractivity contribution in [2.24, 2.45) is 0 Å². The molecular formula is C17H21N7O2. The van der Waals surface area contributed by atoms with Gasteiger partial charge in [0.15, 0.2) is 17.0 Å².